The molecule has 1 amide bonds. The number of pyridine rings is 1. The van der Waals surface area contributed by atoms with Crippen molar-refractivity contribution in [2.24, 2.45) is 11.7 Å². The van der Waals surface area contributed by atoms with Crippen LogP contribution in [0.5, 0.6) is 0 Å². The molecule has 9 heteroatoms. The van der Waals surface area contributed by atoms with Crippen molar-refractivity contribution in [3.05, 3.63) is 22.5 Å². The van der Waals surface area contributed by atoms with Gasteiger partial charge in [-0.05, 0) is 31.7 Å². The summed E-state index contributed by atoms with van der Waals surface area (Å²) in [5.41, 5.74) is 9.49. The standard InChI is InChI=1S/C17H20N4O4S/c1-8-14-15(9-3-2-4-12(9)19-16(14)25-20-8)17(22)21-5-10-11(18)7-26(23,24)13(10)6-21/h10-11,13H,2-7,18H2,1H3/t10-,11+,13-/m0/s1. The van der Waals surface area contributed by atoms with Gasteiger partial charge in [-0.15, -0.1) is 0 Å². The summed E-state index contributed by atoms with van der Waals surface area (Å²) in [6.07, 6.45) is 2.56. The molecule has 0 unspecified atom stereocenters. The molecule has 0 radical (unpaired) electrons. The van der Waals surface area contributed by atoms with E-state index in [1.807, 2.05) is 0 Å². The molecule has 3 aliphatic rings. The first-order valence-corrected chi connectivity index (χ1v) is 10.6. The molecule has 5 rings (SSSR count). The van der Waals surface area contributed by atoms with Gasteiger partial charge in [0, 0.05) is 30.7 Å². The van der Waals surface area contributed by atoms with E-state index in [9.17, 15) is 13.2 Å². The molecule has 8 nitrogen and oxygen atoms in total. The topological polar surface area (TPSA) is 119 Å². The zero-order chi connectivity index (χ0) is 18.2. The third kappa shape index (κ3) is 2.10. The first kappa shape index (κ1) is 16.2. The minimum absolute atomic E-state index is 0.0179. The van der Waals surface area contributed by atoms with Crippen molar-refractivity contribution < 1.29 is 17.7 Å². The van der Waals surface area contributed by atoms with Crippen molar-refractivity contribution >= 4 is 26.8 Å². The van der Waals surface area contributed by atoms with E-state index >= 15 is 0 Å². The molecule has 2 saturated heterocycles. The molecule has 2 aromatic heterocycles. The predicted octanol–water partition coefficient (Wildman–Crippen LogP) is 0.216. The van der Waals surface area contributed by atoms with Gasteiger partial charge in [-0.1, -0.05) is 5.16 Å². The van der Waals surface area contributed by atoms with Crippen LogP contribution >= 0.6 is 0 Å². The molecule has 0 saturated carbocycles. The van der Waals surface area contributed by atoms with Gasteiger partial charge in [0.15, 0.2) is 9.84 Å². The highest BCUT2D eigenvalue weighted by atomic mass is 32.2. The predicted molar refractivity (Wildman–Crippen MR) is 93.5 cm³/mol. The molecule has 26 heavy (non-hydrogen) atoms. The summed E-state index contributed by atoms with van der Waals surface area (Å²) in [4.78, 5) is 19.6. The molecule has 3 atom stereocenters. The molecule has 0 bridgehead atoms. The van der Waals surface area contributed by atoms with E-state index in [1.165, 1.54) is 0 Å². The number of hydrogen-bond acceptors (Lipinski definition) is 7. The Balaban J connectivity index is 1.59. The Morgan fingerprint density at radius 3 is 2.88 bits per heavy atom. The van der Waals surface area contributed by atoms with E-state index in [2.05, 4.69) is 10.1 Å². The monoisotopic (exact) mass is 376 g/mol. The molecule has 2 N–H and O–H groups in total. The van der Waals surface area contributed by atoms with Crippen molar-refractivity contribution in [3.63, 3.8) is 0 Å². The summed E-state index contributed by atoms with van der Waals surface area (Å²) in [5.74, 6) is -0.319. The second-order valence-electron chi connectivity index (χ2n) is 7.62. The van der Waals surface area contributed by atoms with E-state index in [1.54, 1.807) is 11.8 Å². The van der Waals surface area contributed by atoms with Gasteiger partial charge in [0.1, 0.15) is 0 Å². The van der Waals surface area contributed by atoms with Crippen molar-refractivity contribution in [1.82, 2.24) is 15.0 Å². The lowest BCUT2D eigenvalue weighted by atomic mass is 10.0. The lowest BCUT2D eigenvalue weighted by molar-refractivity contribution is 0.0786. The van der Waals surface area contributed by atoms with Crippen LogP contribution in [0.2, 0.25) is 0 Å². The normalized spacial score (nSPS) is 29.3. The van der Waals surface area contributed by atoms with Crippen LogP contribution in [0.15, 0.2) is 4.52 Å². The summed E-state index contributed by atoms with van der Waals surface area (Å²) >= 11 is 0. The van der Waals surface area contributed by atoms with Gasteiger partial charge in [-0.3, -0.25) is 4.79 Å². The first-order valence-electron chi connectivity index (χ1n) is 8.91. The van der Waals surface area contributed by atoms with Crippen molar-refractivity contribution in [2.75, 3.05) is 18.8 Å². The van der Waals surface area contributed by atoms with E-state index in [0.29, 0.717) is 28.9 Å². The average molecular weight is 376 g/mol. The highest BCUT2D eigenvalue weighted by Crippen LogP contribution is 2.37. The molecule has 0 spiro atoms. The first-order chi connectivity index (χ1) is 12.4. The fourth-order valence-corrected chi connectivity index (χ4v) is 7.04. The van der Waals surface area contributed by atoms with E-state index in [0.717, 1.165) is 30.5 Å². The molecule has 1 aliphatic carbocycles. The highest BCUT2D eigenvalue weighted by Gasteiger charge is 2.52. The quantitative estimate of drug-likeness (QED) is 0.756. The van der Waals surface area contributed by atoms with E-state index < -0.39 is 21.1 Å². The third-order valence-corrected chi connectivity index (χ3v) is 8.34. The number of likely N-dealkylation sites (tertiary alicyclic amines) is 1. The molecular weight excluding hydrogens is 356 g/mol. The van der Waals surface area contributed by atoms with Gasteiger partial charge in [0.2, 0.25) is 0 Å². The highest BCUT2D eigenvalue weighted by molar-refractivity contribution is 7.92. The fraction of sp³-hybridized carbons (Fsp3) is 0.588. The Morgan fingerprint density at radius 2 is 2.12 bits per heavy atom. The fourth-order valence-electron chi connectivity index (χ4n) is 4.78. The number of nitrogens with two attached hydrogens (primary N) is 1. The van der Waals surface area contributed by atoms with Crippen LogP contribution < -0.4 is 5.73 Å². The van der Waals surface area contributed by atoms with Crippen LogP contribution in [0.3, 0.4) is 0 Å². The van der Waals surface area contributed by atoms with Crippen LogP contribution in [-0.2, 0) is 22.7 Å². The summed E-state index contributed by atoms with van der Waals surface area (Å²) in [6, 6.07) is -0.400. The number of sulfone groups is 1. The van der Waals surface area contributed by atoms with Crippen LogP contribution in [0.4, 0.5) is 0 Å². The number of amides is 1. The largest absolute Gasteiger partial charge is 0.337 e. The van der Waals surface area contributed by atoms with Gasteiger partial charge in [-0.25, -0.2) is 13.4 Å². The summed E-state index contributed by atoms with van der Waals surface area (Å²) in [6.45, 7) is 2.39. The van der Waals surface area contributed by atoms with Crippen LogP contribution in [0, 0.1) is 12.8 Å². The van der Waals surface area contributed by atoms with Crippen LogP contribution in [0.25, 0.3) is 11.1 Å². The second kappa shape index (κ2) is 5.26. The molecule has 2 aromatic rings. The van der Waals surface area contributed by atoms with Crippen LogP contribution in [0.1, 0.15) is 33.7 Å². The van der Waals surface area contributed by atoms with Gasteiger partial charge in [0.25, 0.3) is 11.6 Å². The summed E-state index contributed by atoms with van der Waals surface area (Å²) < 4.78 is 29.9. The van der Waals surface area contributed by atoms with Crippen LogP contribution in [-0.4, -0.2) is 59.5 Å². The average Bonchev–Trinajstić information content (AvgIpc) is 3.32. The van der Waals surface area contributed by atoms with Crippen molar-refractivity contribution in [1.29, 1.82) is 0 Å². The molecule has 2 fully saturated rings. The third-order valence-electron chi connectivity index (χ3n) is 6.07. The lowest BCUT2D eigenvalue weighted by Crippen LogP contribution is -2.36. The second-order valence-corrected chi connectivity index (χ2v) is 9.88. The Morgan fingerprint density at radius 1 is 1.31 bits per heavy atom. The Bertz CT molecular complexity index is 1040. The number of fused-ring (bicyclic) bond motifs is 3. The zero-order valence-electron chi connectivity index (χ0n) is 14.4. The number of rotatable bonds is 1. The summed E-state index contributed by atoms with van der Waals surface area (Å²) in [7, 11) is -3.24. The SMILES string of the molecule is Cc1noc2nc3c(c(C(=O)N4C[C@H]5[C@H](N)CS(=O)(=O)[C@H]5C4)c12)CCC3. The maximum Gasteiger partial charge on any atom is 0.259 e. The minimum Gasteiger partial charge on any atom is -0.337 e. The smallest absolute Gasteiger partial charge is 0.259 e. The Kier molecular flexibility index (Phi) is 3.28. The molecule has 0 aromatic carbocycles. The molecule has 4 heterocycles. The number of nitrogens with zero attached hydrogens (tertiary/aromatic N) is 3. The number of hydrogen-bond donors (Lipinski definition) is 1. The van der Waals surface area contributed by atoms with Gasteiger partial charge >= 0.3 is 0 Å². The molecular formula is C17H20N4O4S. The number of aromatic nitrogens is 2. The van der Waals surface area contributed by atoms with Gasteiger partial charge in [-0.2, -0.15) is 0 Å². The van der Waals surface area contributed by atoms with E-state index in [-0.39, 0.29) is 24.1 Å². The van der Waals surface area contributed by atoms with Gasteiger partial charge in [0.05, 0.1) is 27.6 Å². The van der Waals surface area contributed by atoms with Gasteiger partial charge < -0.3 is 15.2 Å². The minimum atomic E-state index is -3.24. The van der Waals surface area contributed by atoms with Crippen molar-refractivity contribution in [3.8, 4) is 0 Å². The molecule has 2 aliphatic heterocycles. The summed E-state index contributed by atoms with van der Waals surface area (Å²) in [5, 5.41) is 4.08. The maximum atomic E-state index is 13.4. The Labute approximate surface area is 150 Å². The lowest BCUT2D eigenvalue weighted by Gasteiger charge is -2.20. The number of carbonyl (C=O) groups is 1. The van der Waals surface area contributed by atoms with Crippen molar-refractivity contribution in [2.45, 2.75) is 37.5 Å². The maximum absolute atomic E-state index is 13.4. The van der Waals surface area contributed by atoms with E-state index in [4.69, 9.17) is 10.3 Å². The molecule has 138 valence electrons. The number of carbonyl (C=O) groups excluding carboxylic acids is 1. The zero-order valence-corrected chi connectivity index (χ0v) is 15.3. The number of aryl methyl sites for hydroxylation is 2. The Hall–Kier alpha value is -2.00.